The molecule has 0 aliphatic rings. The maximum Gasteiger partial charge on any atom is 0.250 e. The van der Waals surface area contributed by atoms with Gasteiger partial charge in [0.25, 0.3) is 0 Å². The number of methoxy groups -OCH3 is 1. The quantitative estimate of drug-likeness (QED) is 0.121. The topological polar surface area (TPSA) is 96.4 Å². The van der Waals surface area contributed by atoms with Gasteiger partial charge < -0.3 is 15.4 Å². The van der Waals surface area contributed by atoms with E-state index in [4.69, 9.17) is 4.74 Å². The highest BCUT2D eigenvalue weighted by Crippen LogP contribution is 2.27. The lowest BCUT2D eigenvalue weighted by Crippen LogP contribution is -2.07. The molecule has 4 rings (SSSR count). The molecular weight excluding hydrogens is 644 g/mol. The van der Waals surface area contributed by atoms with Crippen LogP contribution in [0.25, 0.3) is 0 Å². The van der Waals surface area contributed by atoms with Gasteiger partial charge in [0.05, 0.1) is 16.9 Å². The van der Waals surface area contributed by atoms with Gasteiger partial charge in [-0.1, -0.05) is 36.4 Å². The molecule has 8 nitrogen and oxygen atoms in total. The number of aromatic nitrogens is 3. The molecule has 0 aliphatic carbocycles. The van der Waals surface area contributed by atoms with Crippen molar-refractivity contribution in [1.29, 1.82) is 0 Å². The number of nitrogens with one attached hydrogen (secondary N) is 3. The van der Waals surface area contributed by atoms with E-state index in [1.54, 1.807) is 13.3 Å². The molecule has 0 amide bonds. The summed E-state index contributed by atoms with van der Waals surface area (Å²) in [6, 6.07) is 23.4. The van der Waals surface area contributed by atoms with Crippen LogP contribution < -0.4 is 20.8 Å². The second-order valence-electron chi connectivity index (χ2n) is 6.67. The van der Waals surface area contributed by atoms with Crippen LogP contribution in [0, 0.1) is 7.14 Å². The molecule has 0 spiro atoms. The second-order valence-corrected chi connectivity index (χ2v) is 9.08. The van der Waals surface area contributed by atoms with Gasteiger partial charge >= 0.3 is 0 Å². The Morgan fingerprint density at radius 1 is 0.788 bits per heavy atom. The molecule has 0 saturated heterocycles. The fourth-order valence-electron chi connectivity index (χ4n) is 2.89. The van der Waals surface area contributed by atoms with Crippen LogP contribution >= 0.6 is 45.2 Å². The van der Waals surface area contributed by atoms with Crippen molar-refractivity contribution in [3.63, 3.8) is 0 Å². The zero-order valence-electron chi connectivity index (χ0n) is 17.5. The first-order valence-electron chi connectivity index (χ1n) is 9.83. The first-order valence-corrected chi connectivity index (χ1v) is 12.0. The molecule has 0 atom stereocenters. The molecule has 0 radical (unpaired) electrons. The fraction of sp³-hybridized carbons (Fsp3) is 0.0435. The monoisotopic (exact) mass is 663 g/mol. The first kappa shape index (κ1) is 23.2. The summed E-state index contributed by atoms with van der Waals surface area (Å²) in [5.41, 5.74) is 5.48. The van der Waals surface area contributed by atoms with Gasteiger partial charge in [-0.2, -0.15) is 20.1 Å². The standard InChI is InChI=1S/C23H19I2N7O/c1-33-20-15(12-16(24)13-19(20)25)14-26-32-23-30-21(27-17-8-4-2-5-9-17)29-22(31-23)28-18-10-6-3-7-11-18/h2-14H,1H3,(H3,27,28,29,30,31,32). The third-order valence-electron chi connectivity index (χ3n) is 4.30. The van der Waals surface area contributed by atoms with Crippen LogP contribution in [-0.2, 0) is 0 Å². The van der Waals surface area contributed by atoms with Gasteiger partial charge in [0.1, 0.15) is 5.75 Å². The summed E-state index contributed by atoms with van der Waals surface area (Å²) >= 11 is 4.51. The maximum absolute atomic E-state index is 5.51. The van der Waals surface area contributed by atoms with Crippen LogP contribution in [0.5, 0.6) is 5.75 Å². The van der Waals surface area contributed by atoms with Crippen molar-refractivity contribution in [2.45, 2.75) is 0 Å². The molecule has 1 heterocycles. The van der Waals surface area contributed by atoms with Crippen molar-refractivity contribution in [1.82, 2.24) is 15.0 Å². The molecular formula is C23H19I2N7O. The van der Waals surface area contributed by atoms with E-state index < -0.39 is 0 Å². The minimum Gasteiger partial charge on any atom is -0.495 e. The van der Waals surface area contributed by atoms with Gasteiger partial charge in [-0.25, -0.2) is 5.43 Å². The van der Waals surface area contributed by atoms with Crippen molar-refractivity contribution >= 4 is 80.6 Å². The number of anilines is 5. The van der Waals surface area contributed by atoms with E-state index in [0.717, 1.165) is 29.8 Å². The molecule has 10 heteroatoms. The van der Waals surface area contributed by atoms with Gasteiger partial charge in [-0.3, -0.25) is 0 Å². The van der Waals surface area contributed by atoms with Gasteiger partial charge in [0.15, 0.2) is 0 Å². The summed E-state index contributed by atoms with van der Waals surface area (Å²) in [5.74, 6) is 1.81. The Morgan fingerprint density at radius 2 is 1.33 bits per heavy atom. The number of nitrogens with zero attached hydrogens (tertiary/aromatic N) is 4. The van der Waals surface area contributed by atoms with Crippen LogP contribution in [0.4, 0.5) is 29.2 Å². The van der Waals surface area contributed by atoms with Crippen LogP contribution in [0.1, 0.15) is 5.56 Å². The summed E-state index contributed by atoms with van der Waals surface area (Å²) in [4.78, 5) is 13.4. The van der Waals surface area contributed by atoms with Crippen molar-refractivity contribution in [3.8, 4) is 5.75 Å². The molecule has 33 heavy (non-hydrogen) atoms. The van der Waals surface area contributed by atoms with E-state index in [-0.39, 0.29) is 5.95 Å². The van der Waals surface area contributed by atoms with Crippen molar-refractivity contribution in [2.75, 3.05) is 23.2 Å². The van der Waals surface area contributed by atoms with Crippen LogP contribution in [0.2, 0.25) is 0 Å². The summed E-state index contributed by atoms with van der Waals surface area (Å²) in [6.45, 7) is 0. The Balaban J connectivity index is 1.60. The van der Waals surface area contributed by atoms with Crippen molar-refractivity contribution in [2.24, 2.45) is 5.10 Å². The molecule has 0 fully saturated rings. The van der Waals surface area contributed by atoms with E-state index in [2.05, 4.69) is 81.3 Å². The first-order chi connectivity index (χ1) is 16.1. The van der Waals surface area contributed by atoms with Gasteiger partial charge in [-0.15, -0.1) is 0 Å². The number of hydrogen-bond acceptors (Lipinski definition) is 8. The predicted molar refractivity (Wildman–Crippen MR) is 149 cm³/mol. The average molecular weight is 663 g/mol. The molecule has 0 aliphatic heterocycles. The molecule has 1 aromatic heterocycles. The summed E-state index contributed by atoms with van der Waals surface area (Å²) < 4.78 is 7.61. The minimum absolute atomic E-state index is 0.289. The van der Waals surface area contributed by atoms with E-state index >= 15 is 0 Å². The molecule has 0 saturated carbocycles. The summed E-state index contributed by atoms with van der Waals surface area (Å²) in [7, 11) is 1.64. The molecule has 166 valence electrons. The Bertz CT molecular complexity index is 1190. The number of hydrazone groups is 1. The Labute approximate surface area is 218 Å². The normalized spacial score (nSPS) is 10.8. The smallest absolute Gasteiger partial charge is 0.250 e. The van der Waals surface area contributed by atoms with Crippen LogP contribution in [-0.4, -0.2) is 28.3 Å². The lowest BCUT2D eigenvalue weighted by atomic mass is 10.2. The van der Waals surface area contributed by atoms with Gasteiger partial charge in [-0.05, 0) is 81.6 Å². The van der Waals surface area contributed by atoms with E-state index in [1.165, 1.54) is 0 Å². The lowest BCUT2D eigenvalue weighted by Gasteiger charge is -2.10. The lowest BCUT2D eigenvalue weighted by molar-refractivity contribution is 0.411. The van der Waals surface area contributed by atoms with Crippen LogP contribution in [0.3, 0.4) is 0 Å². The highest BCUT2D eigenvalue weighted by Gasteiger charge is 2.09. The highest BCUT2D eigenvalue weighted by atomic mass is 127. The number of ether oxygens (including phenoxy) is 1. The molecule has 0 unspecified atom stereocenters. The van der Waals surface area contributed by atoms with E-state index in [1.807, 2.05) is 72.8 Å². The summed E-state index contributed by atoms with van der Waals surface area (Å²) in [6.07, 6.45) is 1.68. The van der Waals surface area contributed by atoms with E-state index in [0.29, 0.717) is 11.9 Å². The van der Waals surface area contributed by atoms with Crippen molar-refractivity contribution < 1.29 is 4.74 Å². The molecule has 0 bridgehead atoms. The zero-order valence-corrected chi connectivity index (χ0v) is 21.8. The van der Waals surface area contributed by atoms with Gasteiger partial charge in [0.2, 0.25) is 17.8 Å². The fourth-order valence-corrected chi connectivity index (χ4v) is 5.00. The predicted octanol–water partition coefficient (Wildman–Crippen LogP) is 6.02. The number of rotatable bonds is 8. The molecule has 4 aromatic rings. The van der Waals surface area contributed by atoms with E-state index in [9.17, 15) is 0 Å². The summed E-state index contributed by atoms with van der Waals surface area (Å²) in [5, 5.41) is 10.7. The minimum atomic E-state index is 0.289. The second kappa shape index (κ2) is 11.2. The Morgan fingerprint density at radius 3 is 1.88 bits per heavy atom. The highest BCUT2D eigenvalue weighted by molar-refractivity contribution is 14.1. The van der Waals surface area contributed by atoms with Crippen LogP contribution in [0.15, 0.2) is 77.9 Å². The number of benzene rings is 3. The maximum atomic E-state index is 5.51. The molecule has 3 aromatic carbocycles. The van der Waals surface area contributed by atoms with Crippen molar-refractivity contribution in [3.05, 3.63) is 85.5 Å². The third-order valence-corrected chi connectivity index (χ3v) is 5.73. The SMILES string of the molecule is COc1c(I)cc(I)cc1C=NNc1nc(Nc2ccccc2)nc(Nc2ccccc2)n1. The Kier molecular flexibility index (Phi) is 7.88. The number of hydrogen-bond donors (Lipinski definition) is 3. The largest absolute Gasteiger partial charge is 0.495 e. The Hall–Kier alpha value is -3.00. The number of halogens is 2. The van der Waals surface area contributed by atoms with Gasteiger partial charge in [0, 0.05) is 20.5 Å². The molecule has 3 N–H and O–H groups in total. The third kappa shape index (κ3) is 6.51. The zero-order chi connectivity index (χ0) is 23.0. The average Bonchev–Trinajstić information content (AvgIpc) is 2.80. The number of para-hydroxylation sites is 2.